The predicted octanol–water partition coefficient (Wildman–Crippen LogP) is 1.50. The topological polar surface area (TPSA) is 88.3 Å². The molecule has 1 heterocycles. The van der Waals surface area contributed by atoms with Crippen LogP contribution in [0.25, 0.3) is 0 Å². The van der Waals surface area contributed by atoms with Gasteiger partial charge in [-0.3, -0.25) is 4.79 Å². The van der Waals surface area contributed by atoms with Crippen molar-refractivity contribution < 1.29 is 14.4 Å². The molecule has 3 rings (SSSR count). The monoisotopic (exact) mass is 279 g/mol. The van der Waals surface area contributed by atoms with E-state index >= 15 is 0 Å². The zero-order valence-electron chi connectivity index (χ0n) is 11.5. The van der Waals surface area contributed by atoms with Gasteiger partial charge >= 0.3 is 0 Å². The molecule has 2 aliphatic rings. The molecule has 1 aromatic rings. The summed E-state index contributed by atoms with van der Waals surface area (Å²) in [5, 5.41) is 16.3. The normalized spacial score (nSPS) is 27.1. The number of rotatable bonds is 4. The van der Waals surface area contributed by atoms with Crippen LogP contribution in [0, 0.1) is 5.92 Å². The minimum Gasteiger partial charge on any atom is -0.393 e. The number of aliphatic hydroxyl groups is 1. The zero-order chi connectivity index (χ0) is 13.9. The lowest BCUT2D eigenvalue weighted by molar-refractivity contribution is -0.127. The fourth-order valence-corrected chi connectivity index (χ4v) is 2.87. The number of aromatic nitrogens is 2. The van der Waals surface area contributed by atoms with Crippen molar-refractivity contribution in [3.63, 3.8) is 0 Å². The minimum absolute atomic E-state index is 0.0151. The van der Waals surface area contributed by atoms with Gasteiger partial charge in [0, 0.05) is 11.8 Å². The van der Waals surface area contributed by atoms with Gasteiger partial charge in [-0.1, -0.05) is 18.0 Å². The van der Waals surface area contributed by atoms with Crippen molar-refractivity contribution in [1.82, 2.24) is 15.5 Å². The highest BCUT2D eigenvalue weighted by Gasteiger charge is 2.27. The van der Waals surface area contributed by atoms with Gasteiger partial charge in [-0.2, -0.15) is 4.98 Å². The van der Waals surface area contributed by atoms with E-state index in [4.69, 9.17) is 4.52 Å². The Morgan fingerprint density at radius 3 is 2.80 bits per heavy atom. The van der Waals surface area contributed by atoms with E-state index in [0.29, 0.717) is 30.6 Å². The van der Waals surface area contributed by atoms with Crippen LogP contribution in [-0.4, -0.2) is 27.3 Å². The Hall–Kier alpha value is -1.43. The van der Waals surface area contributed by atoms with Crippen molar-refractivity contribution in [2.75, 3.05) is 0 Å². The van der Waals surface area contributed by atoms with Crippen molar-refractivity contribution in [1.29, 1.82) is 0 Å². The first-order valence-electron chi connectivity index (χ1n) is 7.50. The molecule has 2 N–H and O–H groups in total. The fraction of sp³-hybridized carbons (Fsp3) is 0.786. The summed E-state index contributed by atoms with van der Waals surface area (Å²) in [5.74, 6) is 1.56. The van der Waals surface area contributed by atoms with Gasteiger partial charge in [0.15, 0.2) is 5.82 Å². The van der Waals surface area contributed by atoms with Crippen LogP contribution >= 0.6 is 0 Å². The standard InChI is InChI=1S/C14H21N3O3/c18-11-6-2-5-10(7-11)13(19)15-8-12-16-14(20-17-12)9-3-1-4-9/h9-11,18H,1-8H2,(H,15,19)/t10-,11-/m0/s1. The van der Waals surface area contributed by atoms with E-state index in [2.05, 4.69) is 15.5 Å². The van der Waals surface area contributed by atoms with Crippen LogP contribution in [0.2, 0.25) is 0 Å². The van der Waals surface area contributed by atoms with E-state index in [1.54, 1.807) is 0 Å². The van der Waals surface area contributed by atoms with Crippen molar-refractivity contribution in [3.05, 3.63) is 11.7 Å². The highest BCUT2D eigenvalue weighted by Crippen LogP contribution is 2.35. The van der Waals surface area contributed by atoms with Crippen LogP contribution in [-0.2, 0) is 11.3 Å². The molecular weight excluding hydrogens is 258 g/mol. The lowest BCUT2D eigenvalue weighted by Gasteiger charge is -2.24. The maximum Gasteiger partial charge on any atom is 0.229 e. The van der Waals surface area contributed by atoms with Gasteiger partial charge in [-0.25, -0.2) is 0 Å². The Morgan fingerprint density at radius 1 is 1.30 bits per heavy atom. The predicted molar refractivity (Wildman–Crippen MR) is 70.7 cm³/mol. The molecule has 0 spiro atoms. The number of amides is 1. The third-order valence-corrected chi connectivity index (χ3v) is 4.38. The van der Waals surface area contributed by atoms with Gasteiger partial charge in [-0.05, 0) is 32.1 Å². The first-order valence-corrected chi connectivity index (χ1v) is 7.50. The molecule has 0 bridgehead atoms. The largest absolute Gasteiger partial charge is 0.393 e. The molecule has 20 heavy (non-hydrogen) atoms. The molecule has 0 radical (unpaired) electrons. The van der Waals surface area contributed by atoms with Gasteiger partial charge < -0.3 is 14.9 Å². The quantitative estimate of drug-likeness (QED) is 0.872. The van der Waals surface area contributed by atoms with Gasteiger partial charge in [0.05, 0.1) is 12.6 Å². The highest BCUT2D eigenvalue weighted by molar-refractivity contribution is 5.78. The van der Waals surface area contributed by atoms with Crippen LogP contribution in [0.3, 0.4) is 0 Å². The SMILES string of the molecule is O=C(NCc1noc(C2CCC2)n1)[C@H]1CCC[C@H](O)C1. The number of carbonyl (C=O) groups excluding carboxylic acids is 1. The third-order valence-electron chi connectivity index (χ3n) is 4.38. The van der Waals surface area contributed by atoms with E-state index in [0.717, 1.165) is 32.1 Å². The maximum absolute atomic E-state index is 12.0. The van der Waals surface area contributed by atoms with Crippen LogP contribution in [0.15, 0.2) is 4.52 Å². The summed E-state index contributed by atoms with van der Waals surface area (Å²) >= 11 is 0. The first-order chi connectivity index (χ1) is 9.72. The molecule has 2 saturated carbocycles. The van der Waals surface area contributed by atoms with Crippen molar-refractivity contribution in [3.8, 4) is 0 Å². The Bertz CT molecular complexity index is 470. The molecule has 0 aliphatic heterocycles. The molecule has 0 aromatic carbocycles. The zero-order valence-corrected chi connectivity index (χ0v) is 11.5. The number of aliphatic hydroxyl groups excluding tert-OH is 1. The molecule has 6 heteroatoms. The third kappa shape index (κ3) is 3.00. The van der Waals surface area contributed by atoms with E-state index in [-0.39, 0.29) is 17.9 Å². The molecule has 1 amide bonds. The van der Waals surface area contributed by atoms with E-state index in [9.17, 15) is 9.90 Å². The Labute approximate surface area is 117 Å². The smallest absolute Gasteiger partial charge is 0.229 e. The molecule has 1 aromatic heterocycles. The summed E-state index contributed by atoms with van der Waals surface area (Å²) in [6.07, 6.45) is 6.25. The van der Waals surface area contributed by atoms with Crippen molar-refractivity contribution in [2.45, 2.75) is 63.5 Å². The van der Waals surface area contributed by atoms with E-state index in [1.165, 1.54) is 6.42 Å². The lowest BCUT2D eigenvalue weighted by atomic mass is 9.85. The second-order valence-electron chi connectivity index (χ2n) is 5.91. The van der Waals surface area contributed by atoms with Crippen LogP contribution < -0.4 is 5.32 Å². The average Bonchev–Trinajstić information content (AvgIpc) is 2.82. The molecule has 2 aliphatic carbocycles. The molecule has 2 fully saturated rings. The van der Waals surface area contributed by atoms with Gasteiger partial charge in [0.25, 0.3) is 0 Å². The Balaban J connectivity index is 1.48. The summed E-state index contributed by atoms with van der Waals surface area (Å²) in [5.41, 5.74) is 0. The number of hydrogen-bond acceptors (Lipinski definition) is 5. The summed E-state index contributed by atoms with van der Waals surface area (Å²) in [7, 11) is 0. The van der Waals surface area contributed by atoms with Crippen LogP contribution in [0.5, 0.6) is 0 Å². The number of carbonyl (C=O) groups is 1. The second kappa shape index (κ2) is 5.91. The lowest BCUT2D eigenvalue weighted by Crippen LogP contribution is -2.35. The Kier molecular flexibility index (Phi) is 4.00. The molecule has 0 saturated heterocycles. The van der Waals surface area contributed by atoms with Gasteiger partial charge in [0.1, 0.15) is 0 Å². The van der Waals surface area contributed by atoms with Crippen molar-refractivity contribution in [2.24, 2.45) is 5.92 Å². The number of nitrogens with zero attached hydrogens (tertiary/aromatic N) is 2. The summed E-state index contributed by atoms with van der Waals surface area (Å²) in [6, 6.07) is 0. The fourth-order valence-electron chi connectivity index (χ4n) is 2.87. The van der Waals surface area contributed by atoms with E-state index in [1.807, 2.05) is 0 Å². The molecule has 6 nitrogen and oxygen atoms in total. The number of nitrogens with one attached hydrogen (secondary N) is 1. The van der Waals surface area contributed by atoms with Gasteiger partial charge in [0.2, 0.25) is 11.8 Å². The van der Waals surface area contributed by atoms with Crippen LogP contribution in [0.1, 0.15) is 62.6 Å². The average molecular weight is 279 g/mol. The summed E-state index contributed by atoms with van der Waals surface area (Å²) in [6.45, 7) is 0.307. The highest BCUT2D eigenvalue weighted by atomic mass is 16.5. The van der Waals surface area contributed by atoms with Gasteiger partial charge in [-0.15, -0.1) is 0 Å². The van der Waals surface area contributed by atoms with Crippen LogP contribution in [0.4, 0.5) is 0 Å². The first kappa shape index (κ1) is 13.5. The number of hydrogen-bond donors (Lipinski definition) is 2. The summed E-state index contributed by atoms with van der Waals surface area (Å²) in [4.78, 5) is 16.3. The second-order valence-corrected chi connectivity index (χ2v) is 5.91. The Morgan fingerprint density at radius 2 is 2.10 bits per heavy atom. The molecule has 110 valence electrons. The maximum atomic E-state index is 12.0. The summed E-state index contributed by atoms with van der Waals surface area (Å²) < 4.78 is 5.21. The molecule has 0 unspecified atom stereocenters. The van der Waals surface area contributed by atoms with E-state index < -0.39 is 0 Å². The molecular formula is C14H21N3O3. The van der Waals surface area contributed by atoms with Crippen molar-refractivity contribution >= 4 is 5.91 Å². The minimum atomic E-state index is -0.338. The molecule has 2 atom stereocenters.